The summed E-state index contributed by atoms with van der Waals surface area (Å²) in [4.78, 5) is 24.5. The first kappa shape index (κ1) is 20.3. The number of ether oxygens (including phenoxy) is 1. The van der Waals surface area contributed by atoms with E-state index in [1.165, 1.54) is 37.3 Å². The fraction of sp³-hybridized carbons (Fsp3) is 0.263. The minimum absolute atomic E-state index is 0.0434. The smallest absolute Gasteiger partial charge is 0.416 e. The molecule has 2 aromatic carbocycles. The lowest BCUT2D eigenvalue weighted by Crippen LogP contribution is -2.30. The highest BCUT2D eigenvalue weighted by Gasteiger charge is 2.31. The van der Waals surface area contributed by atoms with Crippen LogP contribution in [0.25, 0.3) is 11.1 Å². The number of halogens is 3. The number of primary amides is 1. The standard InChI is InChI=1S/C19H19F3N2O3/c1-24(10-9-17(23)25)18(26)13-5-3-12(4-6-13)15-11-14(19(20,21)22)7-8-16(15)27-2/h3-8,11H,9-10H2,1-2H3,(H2,23,25). The van der Waals surface area contributed by atoms with E-state index in [9.17, 15) is 22.8 Å². The van der Waals surface area contributed by atoms with Gasteiger partial charge in [-0.15, -0.1) is 0 Å². The van der Waals surface area contributed by atoms with Gasteiger partial charge in [0.1, 0.15) is 5.75 Å². The third kappa shape index (κ3) is 4.99. The van der Waals surface area contributed by atoms with Crippen molar-refractivity contribution in [1.29, 1.82) is 0 Å². The lowest BCUT2D eigenvalue weighted by atomic mass is 10.00. The highest BCUT2D eigenvalue weighted by Crippen LogP contribution is 2.37. The van der Waals surface area contributed by atoms with Crippen LogP contribution in [0.3, 0.4) is 0 Å². The van der Waals surface area contributed by atoms with Gasteiger partial charge in [-0.1, -0.05) is 12.1 Å². The molecule has 27 heavy (non-hydrogen) atoms. The molecule has 0 fully saturated rings. The van der Waals surface area contributed by atoms with Gasteiger partial charge in [-0.05, 0) is 35.9 Å². The van der Waals surface area contributed by atoms with Crippen molar-refractivity contribution >= 4 is 11.8 Å². The molecule has 0 aromatic heterocycles. The molecular weight excluding hydrogens is 361 g/mol. The quantitative estimate of drug-likeness (QED) is 0.836. The fourth-order valence-electron chi connectivity index (χ4n) is 2.50. The van der Waals surface area contributed by atoms with Gasteiger partial charge in [-0.3, -0.25) is 9.59 Å². The maximum absolute atomic E-state index is 13.0. The average Bonchev–Trinajstić information content (AvgIpc) is 2.64. The molecule has 144 valence electrons. The van der Waals surface area contributed by atoms with Gasteiger partial charge < -0.3 is 15.4 Å². The largest absolute Gasteiger partial charge is 0.496 e. The molecule has 2 rings (SSSR count). The van der Waals surface area contributed by atoms with Crippen LogP contribution in [-0.2, 0) is 11.0 Å². The van der Waals surface area contributed by atoms with Gasteiger partial charge in [0.15, 0.2) is 0 Å². The molecule has 0 saturated heterocycles. The molecule has 0 bridgehead atoms. The molecule has 0 spiro atoms. The third-order valence-electron chi connectivity index (χ3n) is 4.01. The highest BCUT2D eigenvalue weighted by molar-refractivity contribution is 5.95. The Morgan fingerprint density at radius 2 is 1.74 bits per heavy atom. The first-order valence-corrected chi connectivity index (χ1v) is 8.03. The molecule has 2 aromatic rings. The number of alkyl halides is 3. The van der Waals surface area contributed by atoms with Crippen molar-refractivity contribution in [2.45, 2.75) is 12.6 Å². The average molecular weight is 380 g/mol. The zero-order valence-corrected chi connectivity index (χ0v) is 14.8. The van der Waals surface area contributed by atoms with Gasteiger partial charge in [-0.25, -0.2) is 0 Å². The Hall–Kier alpha value is -3.03. The number of amides is 2. The van der Waals surface area contributed by atoms with Gasteiger partial charge in [0.25, 0.3) is 5.91 Å². The second-order valence-electron chi connectivity index (χ2n) is 5.93. The van der Waals surface area contributed by atoms with Crippen molar-refractivity contribution in [1.82, 2.24) is 4.90 Å². The number of rotatable bonds is 6. The van der Waals surface area contributed by atoms with E-state index in [2.05, 4.69) is 0 Å². The van der Waals surface area contributed by atoms with E-state index in [0.717, 1.165) is 12.1 Å². The Labute approximate surface area is 154 Å². The van der Waals surface area contributed by atoms with Gasteiger partial charge in [0.2, 0.25) is 5.91 Å². The van der Waals surface area contributed by atoms with Crippen molar-refractivity contribution in [3.63, 3.8) is 0 Å². The molecule has 0 radical (unpaired) electrons. The van der Waals surface area contributed by atoms with Gasteiger partial charge in [-0.2, -0.15) is 13.2 Å². The number of hydrogen-bond donors (Lipinski definition) is 1. The summed E-state index contributed by atoms with van der Waals surface area (Å²) >= 11 is 0. The molecule has 0 saturated carbocycles. The first-order chi connectivity index (χ1) is 12.6. The summed E-state index contributed by atoms with van der Waals surface area (Å²) < 4.78 is 44.1. The molecular formula is C19H19F3N2O3. The summed E-state index contributed by atoms with van der Waals surface area (Å²) in [5.41, 5.74) is 5.37. The number of benzene rings is 2. The van der Waals surface area contributed by atoms with Crippen LogP contribution in [0, 0.1) is 0 Å². The maximum Gasteiger partial charge on any atom is 0.416 e. The predicted molar refractivity (Wildman–Crippen MR) is 94.2 cm³/mol. The van der Waals surface area contributed by atoms with Crippen LogP contribution in [0.5, 0.6) is 5.75 Å². The molecule has 0 aliphatic heterocycles. The van der Waals surface area contributed by atoms with E-state index in [0.29, 0.717) is 16.9 Å². The Balaban J connectivity index is 2.29. The van der Waals surface area contributed by atoms with Gasteiger partial charge in [0, 0.05) is 31.1 Å². The molecule has 2 N–H and O–H groups in total. The van der Waals surface area contributed by atoms with Crippen LogP contribution in [0.4, 0.5) is 13.2 Å². The summed E-state index contributed by atoms with van der Waals surface area (Å²) in [7, 11) is 2.91. The fourth-order valence-corrected chi connectivity index (χ4v) is 2.50. The first-order valence-electron chi connectivity index (χ1n) is 8.03. The van der Waals surface area contributed by atoms with Crippen LogP contribution in [0.1, 0.15) is 22.3 Å². The number of nitrogens with zero attached hydrogens (tertiary/aromatic N) is 1. The van der Waals surface area contributed by atoms with Crippen LogP contribution in [-0.4, -0.2) is 37.4 Å². The maximum atomic E-state index is 13.0. The Morgan fingerprint density at radius 3 is 2.26 bits per heavy atom. The SMILES string of the molecule is COc1ccc(C(F)(F)F)cc1-c1ccc(C(=O)N(C)CCC(N)=O)cc1. The van der Waals surface area contributed by atoms with Crippen LogP contribution in [0.15, 0.2) is 42.5 Å². The number of nitrogens with two attached hydrogens (primary N) is 1. The number of carbonyl (C=O) groups is 2. The lowest BCUT2D eigenvalue weighted by Gasteiger charge is -2.17. The van der Waals surface area contributed by atoms with E-state index in [4.69, 9.17) is 10.5 Å². The highest BCUT2D eigenvalue weighted by atomic mass is 19.4. The summed E-state index contributed by atoms with van der Waals surface area (Å²) in [6.07, 6.45) is -4.43. The Bertz CT molecular complexity index is 833. The van der Waals surface area contributed by atoms with E-state index in [-0.39, 0.29) is 24.4 Å². The zero-order valence-electron chi connectivity index (χ0n) is 14.8. The normalized spacial score (nSPS) is 11.1. The topological polar surface area (TPSA) is 72.6 Å². The van der Waals surface area contributed by atoms with Crippen molar-refractivity contribution in [2.24, 2.45) is 5.73 Å². The van der Waals surface area contributed by atoms with Gasteiger partial charge >= 0.3 is 6.18 Å². The molecule has 2 amide bonds. The minimum Gasteiger partial charge on any atom is -0.496 e. The molecule has 0 heterocycles. The van der Waals surface area contributed by atoms with E-state index in [1.807, 2.05) is 0 Å². The summed E-state index contributed by atoms with van der Waals surface area (Å²) in [5, 5.41) is 0. The van der Waals surface area contributed by atoms with Crippen molar-refractivity contribution in [3.05, 3.63) is 53.6 Å². The lowest BCUT2D eigenvalue weighted by molar-refractivity contribution is -0.137. The van der Waals surface area contributed by atoms with Crippen molar-refractivity contribution in [2.75, 3.05) is 20.7 Å². The number of carbonyl (C=O) groups excluding carboxylic acids is 2. The van der Waals surface area contributed by atoms with Crippen LogP contribution >= 0.6 is 0 Å². The molecule has 0 aliphatic carbocycles. The monoisotopic (exact) mass is 380 g/mol. The summed E-state index contributed by atoms with van der Waals surface area (Å²) in [6.45, 7) is 0.178. The molecule has 0 aliphatic rings. The molecule has 5 nitrogen and oxygen atoms in total. The van der Waals surface area contributed by atoms with Crippen molar-refractivity contribution < 1.29 is 27.5 Å². The van der Waals surface area contributed by atoms with E-state index >= 15 is 0 Å². The van der Waals surface area contributed by atoms with Crippen molar-refractivity contribution in [3.8, 4) is 16.9 Å². The van der Waals surface area contributed by atoms with E-state index in [1.54, 1.807) is 12.1 Å². The molecule has 0 unspecified atom stereocenters. The second kappa shape index (κ2) is 8.11. The Morgan fingerprint density at radius 1 is 1.11 bits per heavy atom. The zero-order chi connectivity index (χ0) is 20.2. The van der Waals surface area contributed by atoms with Crippen LogP contribution < -0.4 is 10.5 Å². The predicted octanol–water partition coefficient (Wildman–Crippen LogP) is 3.33. The second-order valence-corrected chi connectivity index (χ2v) is 5.93. The summed E-state index contributed by atoms with van der Waals surface area (Å²) in [6, 6.07) is 9.34. The molecule has 0 atom stereocenters. The Kier molecular flexibility index (Phi) is 6.09. The van der Waals surface area contributed by atoms with E-state index < -0.39 is 17.6 Å². The number of methoxy groups -OCH3 is 1. The van der Waals surface area contributed by atoms with Crippen LogP contribution in [0.2, 0.25) is 0 Å². The number of hydrogen-bond acceptors (Lipinski definition) is 3. The van der Waals surface area contributed by atoms with Gasteiger partial charge in [0.05, 0.1) is 12.7 Å². The third-order valence-corrected chi connectivity index (χ3v) is 4.01. The minimum atomic E-state index is -4.47. The summed E-state index contributed by atoms with van der Waals surface area (Å²) in [5.74, 6) is -0.541. The molecule has 8 heteroatoms.